The maximum absolute atomic E-state index is 13.3. The first kappa shape index (κ1) is 16.8. The number of para-hydroxylation sites is 1. The molecule has 27 heavy (non-hydrogen) atoms. The lowest BCUT2D eigenvalue weighted by atomic mass is 10.00. The largest absolute Gasteiger partial charge is 0.378 e. The molecule has 1 aromatic carbocycles. The summed E-state index contributed by atoms with van der Waals surface area (Å²) in [6, 6.07) is 12.2. The van der Waals surface area contributed by atoms with Crippen LogP contribution in [0.5, 0.6) is 0 Å². The maximum Gasteiger partial charge on any atom is 0.262 e. The monoisotopic (exact) mass is 363 g/mol. The Morgan fingerprint density at radius 1 is 1.15 bits per heavy atom. The first-order valence-corrected chi connectivity index (χ1v) is 10.0. The van der Waals surface area contributed by atoms with Gasteiger partial charge in [-0.2, -0.15) is 0 Å². The molecule has 1 amide bonds. The van der Waals surface area contributed by atoms with E-state index in [1.807, 2.05) is 35.2 Å². The van der Waals surface area contributed by atoms with Gasteiger partial charge in [-0.25, -0.2) is 4.98 Å². The Bertz CT molecular complexity index is 849. The average Bonchev–Trinajstić information content (AvgIpc) is 3.47. The summed E-state index contributed by atoms with van der Waals surface area (Å²) in [6.07, 6.45) is 7.58. The lowest BCUT2D eigenvalue weighted by molar-refractivity contribution is -0.00223. The van der Waals surface area contributed by atoms with Gasteiger partial charge >= 0.3 is 0 Å². The minimum atomic E-state index is 0.0290. The van der Waals surface area contributed by atoms with Crippen molar-refractivity contribution >= 4 is 17.4 Å². The van der Waals surface area contributed by atoms with Crippen LogP contribution in [0.25, 0.3) is 0 Å². The molecule has 2 fully saturated rings. The van der Waals surface area contributed by atoms with Crippen molar-refractivity contribution in [3.05, 3.63) is 53.7 Å². The van der Waals surface area contributed by atoms with Crippen LogP contribution in [0.15, 0.2) is 42.6 Å². The standard InChI is InChI=1S/C22H25N3O2/c26-22(25-12-9-15-4-1-2-6-19(15)25)18-5-3-11-23-21(18)24-17-10-13-27-20(14-17)16-7-8-16/h1-6,11,16-17,20H,7-10,12-14H2,(H,23,24). The fraction of sp³-hybridized carbons (Fsp3) is 0.455. The van der Waals surface area contributed by atoms with Gasteiger partial charge in [-0.15, -0.1) is 0 Å². The number of hydrogen-bond acceptors (Lipinski definition) is 4. The Morgan fingerprint density at radius 3 is 2.93 bits per heavy atom. The second-order valence-corrected chi connectivity index (χ2v) is 7.85. The topological polar surface area (TPSA) is 54.5 Å². The van der Waals surface area contributed by atoms with Crippen LogP contribution in [0, 0.1) is 5.92 Å². The SMILES string of the molecule is O=C(c1cccnc1NC1CCOC(C2CC2)C1)N1CCc2ccccc21. The highest BCUT2D eigenvalue weighted by molar-refractivity contribution is 6.10. The van der Waals surface area contributed by atoms with Gasteiger partial charge in [-0.1, -0.05) is 18.2 Å². The summed E-state index contributed by atoms with van der Waals surface area (Å²) >= 11 is 0. The summed E-state index contributed by atoms with van der Waals surface area (Å²) in [7, 11) is 0. The Morgan fingerprint density at radius 2 is 2.04 bits per heavy atom. The molecule has 1 saturated carbocycles. The number of aromatic nitrogens is 1. The molecular weight excluding hydrogens is 338 g/mol. The highest BCUT2D eigenvalue weighted by Crippen LogP contribution is 2.38. The van der Waals surface area contributed by atoms with Gasteiger partial charge in [-0.3, -0.25) is 4.79 Å². The van der Waals surface area contributed by atoms with E-state index in [4.69, 9.17) is 4.74 Å². The highest BCUT2D eigenvalue weighted by atomic mass is 16.5. The van der Waals surface area contributed by atoms with Crippen molar-refractivity contribution in [1.29, 1.82) is 0 Å². The highest BCUT2D eigenvalue weighted by Gasteiger charge is 2.36. The van der Waals surface area contributed by atoms with E-state index in [-0.39, 0.29) is 5.91 Å². The Kier molecular flexibility index (Phi) is 4.32. The van der Waals surface area contributed by atoms with Crippen molar-refractivity contribution in [3.63, 3.8) is 0 Å². The number of nitrogens with zero attached hydrogens (tertiary/aromatic N) is 2. The van der Waals surface area contributed by atoms with E-state index in [2.05, 4.69) is 16.4 Å². The lowest BCUT2D eigenvalue weighted by Crippen LogP contribution is -2.36. The molecule has 1 aromatic heterocycles. The number of fused-ring (bicyclic) bond motifs is 1. The molecule has 0 spiro atoms. The number of hydrogen-bond donors (Lipinski definition) is 1. The summed E-state index contributed by atoms with van der Waals surface area (Å²) in [5.41, 5.74) is 2.92. The summed E-state index contributed by atoms with van der Waals surface area (Å²) in [5.74, 6) is 1.47. The predicted octanol–water partition coefficient (Wildman–Crippen LogP) is 3.65. The van der Waals surface area contributed by atoms with E-state index in [1.54, 1.807) is 6.20 Å². The van der Waals surface area contributed by atoms with Crippen LogP contribution < -0.4 is 10.2 Å². The zero-order chi connectivity index (χ0) is 18.2. The van der Waals surface area contributed by atoms with Crippen LogP contribution >= 0.6 is 0 Å². The van der Waals surface area contributed by atoms with Crippen LogP contribution in [0.2, 0.25) is 0 Å². The number of rotatable bonds is 4. The van der Waals surface area contributed by atoms with Gasteiger partial charge in [-0.05, 0) is 61.8 Å². The van der Waals surface area contributed by atoms with Crippen molar-refractivity contribution in [3.8, 4) is 0 Å². The number of pyridine rings is 1. The average molecular weight is 363 g/mol. The fourth-order valence-corrected chi connectivity index (χ4v) is 4.34. The predicted molar refractivity (Wildman–Crippen MR) is 105 cm³/mol. The van der Waals surface area contributed by atoms with Crippen molar-refractivity contribution < 1.29 is 9.53 Å². The molecule has 1 N–H and O–H groups in total. The van der Waals surface area contributed by atoms with Crippen LogP contribution in [0.1, 0.15) is 41.6 Å². The first-order chi connectivity index (χ1) is 13.3. The molecule has 5 rings (SSSR count). The number of anilines is 2. The molecule has 2 aliphatic heterocycles. The Hall–Kier alpha value is -2.40. The summed E-state index contributed by atoms with van der Waals surface area (Å²) in [6.45, 7) is 1.52. The number of carbonyl (C=O) groups excluding carboxylic acids is 1. The summed E-state index contributed by atoms with van der Waals surface area (Å²) < 4.78 is 5.93. The van der Waals surface area contributed by atoms with Crippen molar-refractivity contribution in [2.24, 2.45) is 5.92 Å². The van der Waals surface area contributed by atoms with E-state index < -0.39 is 0 Å². The third-order valence-corrected chi connectivity index (χ3v) is 5.97. The smallest absolute Gasteiger partial charge is 0.262 e. The molecule has 0 bridgehead atoms. The fourth-order valence-electron chi connectivity index (χ4n) is 4.34. The van der Waals surface area contributed by atoms with E-state index in [9.17, 15) is 4.79 Å². The van der Waals surface area contributed by atoms with E-state index in [0.717, 1.165) is 44.0 Å². The van der Waals surface area contributed by atoms with Crippen molar-refractivity contribution in [2.45, 2.75) is 44.2 Å². The van der Waals surface area contributed by atoms with Crippen LogP contribution in [0.3, 0.4) is 0 Å². The molecule has 2 unspecified atom stereocenters. The van der Waals surface area contributed by atoms with E-state index in [0.29, 0.717) is 23.5 Å². The van der Waals surface area contributed by atoms with Gasteiger partial charge in [0.15, 0.2) is 0 Å². The minimum Gasteiger partial charge on any atom is -0.378 e. The van der Waals surface area contributed by atoms with Gasteiger partial charge in [0.1, 0.15) is 5.82 Å². The summed E-state index contributed by atoms with van der Waals surface area (Å²) in [4.78, 5) is 19.7. The van der Waals surface area contributed by atoms with Gasteiger partial charge in [0, 0.05) is 31.1 Å². The third kappa shape index (κ3) is 3.32. The van der Waals surface area contributed by atoms with Gasteiger partial charge in [0.25, 0.3) is 5.91 Å². The molecule has 1 saturated heterocycles. The Labute approximate surface area is 159 Å². The lowest BCUT2D eigenvalue weighted by Gasteiger charge is -2.31. The van der Waals surface area contributed by atoms with Gasteiger partial charge in [0.2, 0.25) is 0 Å². The molecule has 1 aliphatic carbocycles. The molecule has 140 valence electrons. The second kappa shape index (κ2) is 6.97. The maximum atomic E-state index is 13.3. The molecule has 5 heteroatoms. The molecule has 0 radical (unpaired) electrons. The first-order valence-electron chi connectivity index (χ1n) is 10.0. The van der Waals surface area contributed by atoms with Crippen LogP contribution in [0.4, 0.5) is 11.5 Å². The van der Waals surface area contributed by atoms with Crippen molar-refractivity contribution in [2.75, 3.05) is 23.4 Å². The molecular formula is C22H25N3O2. The van der Waals surface area contributed by atoms with Crippen molar-refractivity contribution in [1.82, 2.24) is 4.98 Å². The number of ether oxygens (including phenoxy) is 1. The van der Waals surface area contributed by atoms with Gasteiger partial charge in [0.05, 0.1) is 11.7 Å². The van der Waals surface area contributed by atoms with Crippen LogP contribution in [-0.2, 0) is 11.2 Å². The molecule has 2 atom stereocenters. The molecule has 5 nitrogen and oxygen atoms in total. The quantitative estimate of drug-likeness (QED) is 0.901. The number of nitrogens with one attached hydrogen (secondary N) is 1. The molecule has 2 aromatic rings. The minimum absolute atomic E-state index is 0.0290. The number of carbonyl (C=O) groups is 1. The third-order valence-electron chi connectivity index (χ3n) is 5.97. The van der Waals surface area contributed by atoms with E-state index in [1.165, 1.54) is 18.4 Å². The molecule has 3 heterocycles. The second-order valence-electron chi connectivity index (χ2n) is 7.85. The van der Waals surface area contributed by atoms with Crippen LogP contribution in [-0.4, -0.2) is 36.2 Å². The number of benzene rings is 1. The zero-order valence-corrected chi connectivity index (χ0v) is 15.4. The summed E-state index contributed by atoms with van der Waals surface area (Å²) in [5, 5.41) is 3.55. The normalized spacial score (nSPS) is 24.5. The zero-order valence-electron chi connectivity index (χ0n) is 15.4. The molecule has 3 aliphatic rings. The van der Waals surface area contributed by atoms with Gasteiger partial charge < -0.3 is 15.0 Å². The Balaban J connectivity index is 1.36. The van der Waals surface area contributed by atoms with E-state index >= 15 is 0 Å². The number of amides is 1.